The van der Waals surface area contributed by atoms with E-state index in [1.807, 2.05) is 0 Å². The fraction of sp³-hybridized carbons (Fsp3) is 0.0820. The summed E-state index contributed by atoms with van der Waals surface area (Å²) in [7, 11) is 0. The van der Waals surface area contributed by atoms with E-state index in [-0.39, 0.29) is 50.9 Å². The Hall–Kier alpha value is -9.52. The first-order valence-electron chi connectivity index (χ1n) is 23.8. The smallest absolute Gasteiger partial charge is 0.416 e. The van der Waals surface area contributed by atoms with E-state index in [9.17, 15) is 62.3 Å². The maximum Gasteiger partial charge on any atom is 0.416 e. The number of pyridine rings is 1. The number of benzene rings is 9. The van der Waals surface area contributed by atoms with Gasteiger partial charge in [0.1, 0.15) is 16.9 Å². The Morgan fingerprint density at radius 3 is 1.39 bits per heavy atom. The van der Waals surface area contributed by atoms with E-state index in [0.717, 1.165) is 12.1 Å². The summed E-state index contributed by atoms with van der Waals surface area (Å²) in [5, 5.41) is -2.11. The molecule has 400 valence electrons. The summed E-state index contributed by atoms with van der Waals surface area (Å²) in [6.07, 6.45) is -21.3. The number of carbonyl (C=O) groups excluding carboxylic acids is 2. The SMILES string of the molecule is O=Cc1c(-c2ccccc2)cc(OC(=O)Cc2ccc(-n3c(=O)c4cc(-c5cc(C(F)(F)F)cc(C(F)(F)F)c5)c5oc6ccccc6c6c(-c7cc(C(F)(F)F)cc(C(F)(F)F)c7)cc(c3=O)c4c56)cc2)cc1-c1ccccc1. The Labute approximate surface area is 441 Å². The molecule has 2 aromatic heterocycles. The summed E-state index contributed by atoms with van der Waals surface area (Å²) in [6.45, 7) is 0. The van der Waals surface area contributed by atoms with Crippen molar-refractivity contribution in [2.24, 2.45) is 0 Å². The Balaban J connectivity index is 1.11. The first-order chi connectivity index (χ1) is 37.9. The highest BCUT2D eigenvalue weighted by Crippen LogP contribution is 2.49. The van der Waals surface area contributed by atoms with Crippen LogP contribution >= 0.6 is 0 Å². The topological polar surface area (TPSA) is 95.6 Å². The van der Waals surface area contributed by atoms with Gasteiger partial charge in [-0.3, -0.25) is 19.2 Å². The Bertz CT molecular complexity index is 4270. The molecule has 0 unspecified atom stereocenters. The van der Waals surface area contributed by atoms with Gasteiger partial charge >= 0.3 is 30.7 Å². The molecule has 0 radical (unpaired) electrons. The van der Waals surface area contributed by atoms with Gasteiger partial charge in [-0.2, -0.15) is 52.7 Å². The zero-order valence-electron chi connectivity index (χ0n) is 40.4. The van der Waals surface area contributed by atoms with Gasteiger partial charge in [0.15, 0.2) is 6.29 Å². The lowest BCUT2D eigenvalue weighted by Gasteiger charge is -2.21. The lowest BCUT2D eigenvalue weighted by Crippen LogP contribution is -2.32. The van der Waals surface area contributed by atoms with Crippen LogP contribution in [0.15, 0.2) is 184 Å². The number of carbonyl (C=O) groups is 2. The van der Waals surface area contributed by atoms with Crippen LogP contribution in [0.5, 0.6) is 5.75 Å². The number of nitrogens with zero attached hydrogens (tertiary/aromatic N) is 1. The number of aromatic nitrogens is 1. The van der Waals surface area contributed by atoms with Gasteiger partial charge in [-0.25, -0.2) is 4.57 Å². The Kier molecular flexibility index (Phi) is 12.6. The summed E-state index contributed by atoms with van der Waals surface area (Å²) < 4.78 is 186. The fourth-order valence-corrected chi connectivity index (χ4v) is 10.1. The molecule has 0 saturated carbocycles. The van der Waals surface area contributed by atoms with Crippen molar-refractivity contribution in [3.8, 4) is 55.9 Å². The minimum absolute atomic E-state index is 0.0432. The molecule has 7 nitrogen and oxygen atoms in total. The minimum atomic E-state index is -5.39. The summed E-state index contributed by atoms with van der Waals surface area (Å²) in [4.78, 5) is 56.3. The quantitative estimate of drug-likeness (QED) is 0.0357. The molecule has 0 bridgehead atoms. The molecule has 0 aliphatic rings. The average Bonchev–Trinajstić information content (AvgIpc) is 3.22. The standard InChI is InChI=1S/C61H31F12NO6/c62-58(63,64)36-20-34(21-37(24-36)59(65,66)67)45-28-47-53-48(29-46(55-54(53)52(45)42-13-7-8-14-50(42)80-55)35-22-38(60(68,69)70)25-39(23-35)61(71,72)73)57(78)74(56(47)77)40-17-15-31(16-18-40)19-51(76)79-41-26-43(32-9-3-1-4-10-32)49(30-75)44(27-41)33-11-5-2-6-12-33/h1-18,20-30H,19H2. The van der Waals surface area contributed by atoms with E-state index in [0.29, 0.717) is 62.9 Å². The molecule has 2 heterocycles. The summed E-state index contributed by atoms with van der Waals surface area (Å²) in [6, 6.07) is 34.3. The van der Waals surface area contributed by atoms with Crippen molar-refractivity contribution in [1.82, 2.24) is 4.57 Å². The van der Waals surface area contributed by atoms with E-state index in [1.54, 1.807) is 60.7 Å². The third-order valence-corrected chi connectivity index (χ3v) is 13.6. The molecule has 0 atom stereocenters. The highest BCUT2D eigenvalue weighted by Gasteiger charge is 2.40. The Morgan fingerprint density at radius 1 is 0.463 bits per heavy atom. The third-order valence-electron chi connectivity index (χ3n) is 13.6. The molecule has 0 N–H and O–H groups in total. The van der Waals surface area contributed by atoms with Crippen LogP contribution in [0.25, 0.3) is 93.7 Å². The molecule has 0 aliphatic carbocycles. The van der Waals surface area contributed by atoms with Gasteiger partial charge in [0.05, 0.1) is 34.4 Å². The molecule has 80 heavy (non-hydrogen) atoms. The molecular weight excluding hydrogens is 1070 g/mol. The van der Waals surface area contributed by atoms with Crippen LogP contribution in [0.4, 0.5) is 52.7 Å². The maximum absolute atomic E-state index is 15.0. The zero-order chi connectivity index (χ0) is 56.8. The molecule has 11 aromatic rings. The lowest BCUT2D eigenvalue weighted by molar-refractivity contribution is -0.144. The van der Waals surface area contributed by atoms with Crippen LogP contribution in [0.2, 0.25) is 0 Å². The first kappa shape index (κ1) is 52.5. The van der Waals surface area contributed by atoms with Crippen molar-refractivity contribution < 1.29 is 71.4 Å². The lowest BCUT2D eigenvalue weighted by atomic mass is 9.86. The van der Waals surface area contributed by atoms with E-state index >= 15 is 9.59 Å². The van der Waals surface area contributed by atoms with Crippen LogP contribution in [0.1, 0.15) is 38.2 Å². The predicted molar refractivity (Wildman–Crippen MR) is 275 cm³/mol. The van der Waals surface area contributed by atoms with E-state index < -0.39 is 114 Å². The van der Waals surface area contributed by atoms with Crippen LogP contribution in [0, 0.1) is 0 Å². The van der Waals surface area contributed by atoms with E-state index in [4.69, 9.17) is 9.15 Å². The van der Waals surface area contributed by atoms with Gasteiger partial charge in [0.25, 0.3) is 11.1 Å². The van der Waals surface area contributed by atoms with E-state index in [2.05, 4.69) is 0 Å². The van der Waals surface area contributed by atoms with Crippen molar-refractivity contribution in [1.29, 1.82) is 0 Å². The number of hydrogen-bond acceptors (Lipinski definition) is 6. The number of hydrogen-bond donors (Lipinski definition) is 0. The van der Waals surface area contributed by atoms with Gasteiger partial charge in [0, 0.05) is 43.4 Å². The normalized spacial score (nSPS) is 12.5. The highest BCUT2D eigenvalue weighted by molar-refractivity contribution is 6.32. The number of ether oxygens (including phenoxy) is 1. The molecule has 0 saturated heterocycles. The van der Waals surface area contributed by atoms with Gasteiger partial charge in [0.2, 0.25) is 0 Å². The number of fused-ring (bicyclic) bond motifs is 2. The number of alkyl halides is 12. The molecule has 11 rings (SSSR count). The van der Waals surface area contributed by atoms with Crippen molar-refractivity contribution in [3.05, 3.63) is 224 Å². The van der Waals surface area contributed by atoms with Crippen molar-refractivity contribution in [3.63, 3.8) is 0 Å². The van der Waals surface area contributed by atoms with E-state index in [1.165, 1.54) is 60.7 Å². The van der Waals surface area contributed by atoms with Crippen molar-refractivity contribution >= 4 is 55.7 Å². The van der Waals surface area contributed by atoms with Crippen molar-refractivity contribution in [2.45, 2.75) is 31.1 Å². The molecule has 9 aromatic carbocycles. The Morgan fingerprint density at radius 2 is 0.912 bits per heavy atom. The predicted octanol–water partition coefficient (Wildman–Crippen LogP) is 16.5. The number of aldehydes is 1. The maximum atomic E-state index is 15.0. The molecular formula is C61H31F12NO6. The second-order valence-electron chi connectivity index (χ2n) is 18.6. The average molecular weight is 1100 g/mol. The zero-order valence-corrected chi connectivity index (χ0v) is 40.4. The first-order valence-corrected chi connectivity index (χ1v) is 23.8. The minimum Gasteiger partial charge on any atom is -0.455 e. The van der Waals surface area contributed by atoms with Gasteiger partial charge in [-0.1, -0.05) is 91.0 Å². The molecule has 19 heteroatoms. The fourth-order valence-electron chi connectivity index (χ4n) is 10.1. The molecule has 0 spiro atoms. The van der Waals surface area contributed by atoms with Crippen molar-refractivity contribution in [2.75, 3.05) is 0 Å². The van der Waals surface area contributed by atoms with Crippen LogP contribution in [-0.4, -0.2) is 16.8 Å². The summed E-state index contributed by atoms with van der Waals surface area (Å²) in [5.74, 6) is -0.728. The second kappa shape index (κ2) is 19.1. The number of esters is 1. The van der Waals surface area contributed by atoms with Gasteiger partial charge in [-0.15, -0.1) is 0 Å². The molecule has 0 amide bonds. The monoisotopic (exact) mass is 1100 g/mol. The second-order valence-corrected chi connectivity index (χ2v) is 18.6. The van der Waals surface area contributed by atoms with Crippen LogP contribution < -0.4 is 15.9 Å². The summed E-state index contributed by atoms with van der Waals surface area (Å²) in [5.41, 5.74) is -10.4. The van der Waals surface area contributed by atoms with Gasteiger partial charge in [-0.05, 0) is 123 Å². The molecule has 0 aliphatic heterocycles. The number of para-hydroxylation sites is 1. The van der Waals surface area contributed by atoms with Crippen LogP contribution in [0.3, 0.4) is 0 Å². The largest absolute Gasteiger partial charge is 0.455 e. The van der Waals surface area contributed by atoms with Gasteiger partial charge < -0.3 is 9.15 Å². The summed E-state index contributed by atoms with van der Waals surface area (Å²) >= 11 is 0. The number of rotatable bonds is 9. The third kappa shape index (κ3) is 9.47. The number of halogens is 12. The highest BCUT2D eigenvalue weighted by atomic mass is 19.4. The van der Waals surface area contributed by atoms with Crippen LogP contribution in [-0.2, 0) is 35.9 Å². The molecule has 0 fully saturated rings.